The maximum atomic E-state index is 2.49. The summed E-state index contributed by atoms with van der Waals surface area (Å²) < 4.78 is 0. The van der Waals surface area contributed by atoms with E-state index in [0.29, 0.717) is 0 Å². The molecule has 1 aliphatic rings. The monoisotopic (exact) mass is 856 g/mol. The zero-order valence-electron chi connectivity index (χ0n) is 37.6. The predicted molar refractivity (Wildman–Crippen MR) is 285 cm³/mol. The van der Waals surface area contributed by atoms with Crippen molar-refractivity contribution in [2.75, 3.05) is 9.80 Å². The first-order valence-electron chi connectivity index (χ1n) is 23.3. The van der Waals surface area contributed by atoms with Crippen LogP contribution in [0.3, 0.4) is 0 Å². The van der Waals surface area contributed by atoms with Gasteiger partial charge in [-0.3, -0.25) is 0 Å². The van der Waals surface area contributed by atoms with Crippen LogP contribution in [0.1, 0.15) is 25.0 Å². The van der Waals surface area contributed by atoms with Crippen LogP contribution in [0.4, 0.5) is 34.1 Å². The van der Waals surface area contributed by atoms with Crippen LogP contribution in [0.15, 0.2) is 255 Å². The van der Waals surface area contributed by atoms with Crippen molar-refractivity contribution in [2.45, 2.75) is 19.3 Å². The van der Waals surface area contributed by atoms with Gasteiger partial charge in [-0.1, -0.05) is 208 Å². The zero-order valence-corrected chi connectivity index (χ0v) is 37.6. The molecule has 11 aromatic rings. The van der Waals surface area contributed by atoms with Crippen LogP contribution in [-0.4, -0.2) is 0 Å². The fraction of sp³-hybridized carbons (Fsp3) is 0.0462. The Kier molecular flexibility index (Phi) is 9.88. The van der Waals surface area contributed by atoms with E-state index in [4.69, 9.17) is 0 Å². The van der Waals surface area contributed by atoms with Crippen molar-refractivity contribution in [1.82, 2.24) is 0 Å². The summed E-state index contributed by atoms with van der Waals surface area (Å²) in [5.74, 6) is 0. The normalized spacial score (nSPS) is 12.4. The van der Waals surface area contributed by atoms with Gasteiger partial charge in [0.15, 0.2) is 0 Å². The van der Waals surface area contributed by atoms with Gasteiger partial charge in [0.25, 0.3) is 0 Å². The molecule has 0 bridgehead atoms. The molecule has 12 rings (SSSR count). The number of hydrogen-bond acceptors (Lipinski definition) is 2. The highest BCUT2D eigenvalue weighted by Crippen LogP contribution is 2.53. The molecule has 0 saturated carbocycles. The summed E-state index contributed by atoms with van der Waals surface area (Å²) in [5, 5.41) is 4.82. The summed E-state index contributed by atoms with van der Waals surface area (Å²) in [7, 11) is 0. The highest BCUT2D eigenvalue weighted by Gasteiger charge is 2.36. The minimum absolute atomic E-state index is 0.128. The van der Waals surface area contributed by atoms with Crippen LogP contribution in [0.25, 0.3) is 66.1 Å². The van der Waals surface area contributed by atoms with Gasteiger partial charge in [-0.25, -0.2) is 0 Å². The van der Waals surface area contributed by atoms with Crippen LogP contribution in [-0.2, 0) is 5.41 Å². The summed E-state index contributed by atoms with van der Waals surface area (Å²) in [6, 6.07) is 93.0. The summed E-state index contributed by atoms with van der Waals surface area (Å²) in [6.07, 6.45) is 0. The topological polar surface area (TPSA) is 6.48 Å². The Morgan fingerprint density at radius 3 is 1.16 bits per heavy atom. The fourth-order valence-electron chi connectivity index (χ4n) is 10.6. The number of benzene rings is 11. The number of hydrogen-bond donors (Lipinski definition) is 0. The molecule has 67 heavy (non-hydrogen) atoms. The SMILES string of the molecule is CC1(C)c2ccccc2-c2ccc(N(c3ccccc3)c3c4ccccc4c(-c4ccc(N(c5ccc(-c6ccccc6)cc5)c5ccc(-c6ccccc6)cc5)cc4)c4ccccc34)cc21. The van der Waals surface area contributed by atoms with Gasteiger partial charge in [-0.15, -0.1) is 0 Å². The van der Waals surface area contributed by atoms with E-state index in [2.05, 4.69) is 278 Å². The maximum Gasteiger partial charge on any atom is 0.0618 e. The van der Waals surface area contributed by atoms with Crippen molar-refractivity contribution >= 4 is 55.7 Å². The van der Waals surface area contributed by atoms with Gasteiger partial charge >= 0.3 is 0 Å². The number of para-hydroxylation sites is 1. The molecule has 0 saturated heterocycles. The standard InChI is InChI=1S/C65H48N2/c1-65(2)61-29-17-16-24-55(61)56-43-42-54(44-62(56)65)67(50-22-10-5-11-23-50)64-59-27-14-12-25-57(59)63(58-26-13-15-28-60(58)64)49-34-40-53(41-35-49)66(51-36-30-47(31-37-51)45-18-6-3-7-19-45)52-38-32-48(33-39-52)46-20-8-4-9-21-46/h3-44H,1-2H3. The summed E-state index contributed by atoms with van der Waals surface area (Å²) in [5.41, 5.74) is 19.2. The smallest absolute Gasteiger partial charge is 0.0618 e. The predicted octanol–water partition coefficient (Wildman–Crippen LogP) is 18.2. The van der Waals surface area contributed by atoms with Gasteiger partial charge in [0, 0.05) is 44.6 Å². The van der Waals surface area contributed by atoms with Crippen LogP contribution < -0.4 is 9.80 Å². The molecule has 0 aliphatic heterocycles. The lowest BCUT2D eigenvalue weighted by atomic mass is 9.82. The van der Waals surface area contributed by atoms with E-state index in [1.54, 1.807) is 0 Å². The van der Waals surface area contributed by atoms with Crippen LogP contribution >= 0.6 is 0 Å². The first kappa shape index (κ1) is 40.1. The molecule has 11 aromatic carbocycles. The molecule has 0 unspecified atom stereocenters. The van der Waals surface area contributed by atoms with Gasteiger partial charge < -0.3 is 9.80 Å². The molecule has 0 spiro atoms. The van der Waals surface area contributed by atoms with Crippen LogP contribution in [0.5, 0.6) is 0 Å². The Balaban J connectivity index is 0.996. The lowest BCUT2D eigenvalue weighted by molar-refractivity contribution is 0.660. The van der Waals surface area contributed by atoms with E-state index in [-0.39, 0.29) is 5.41 Å². The Labute approximate surface area is 393 Å². The molecule has 0 atom stereocenters. The second-order valence-corrected chi connectivity index (χ2v) is 18.1. The van der Waals surface area contributed by atoms with E-state index in [1.165, 1.54) is 82.9 Å². The second-order valence-electron chi connectivity index (χ2n) is 18.1. The zero-order chi connectivity index (χ0) is 44.9. The first-order valence-corrected chi connectivity index (χ1v) is 23.3. The first-order chi connectivity index (χ1) is 33.0. The van der Waals surface area contributed by atoms with E-state index in [9.17, 15) is 0 Å². The largest absolute Gasteiger partial charge is 0.311 e. The summed E-state index contributed by atoms with van der Waals surface area (Å²) in [4.78, 5) is 4.85. The highest BCUT2D eigenvalue weighted by atomic mass is 15.1. The molecule has 0 N–H and O–H groups in total. The van der Waals surface area contributed by atoms with Gasteiger partial charge in [-0.2, -0.15) is 0 Å². The van der Waals surface area contributed by atoms with Crippen molar-refractivity contribution in [3.63, 3.8) is 0 Å². The lowest BCUT2D eigenvalue weighted by Crippen LogP contribution is -2.17. The number of anilines is 6. The summed E-state index contributed by atoms with van der Waals surface area (Å²) >= 11 is 0. The molecule has 0 heterocycles. The van der Waals surface area contributed by atoms with Gasteiger partial charge in [0.1, 0.15) is 0 Å². The molecule has 1 aliphatic carbocycles. The van der Waals surface area contributed by atoms with Crippen molar-refractivity contribution in [1.29, 1.82) is 0 Å². The van der Waals surface area contributed by atoms with E-state index in [0.717, 1.165) is 28.4 Å². The molecule has 0 fully saturated rings. The van der Waals surface area contributed by atoms with E-state index in [1.807, 2.05) is 0 Å². The van der Waals surface area contributed by atoms with Crippen LogP contribution in [0.2, 0.25) is 0 Å². The molecule has 0 aromatic heterocycles. The number of nitrogens with zero attached hydrogens (tertiary/aromatic N) is 2. The molecule has 2 nitrogen and oxygen atoms in total. The third kappa shape index (κ3) is 6.97. The van der Waals surface area contributed by atoms with E-state index >= 15 is 0 Å². The van der Waals surface area contributed by atoms with Gasteiger partial charge in [0.05, 0.1) is 5.69 Å². The van der Waals surface area contributed by atoms with Crippen molar-refractivity contribution < 1.29 is 0 Å². The van der Waals surface area contributed by atoms with Crippen molar-refractivity contribution in [2.24, 2.45) is 0 Å². The Morgan fingerprint density at radius 2 is 0.642 bits per heavy atom. The average molecular weight is 857 g/mol. The lowest BCUT2D eigenvalue weighted by Gasteiger charge is -2.31. The average Bonchev–Trinajstić information content (AvgIpc) is 3.63. The Morgan fingerprint density at radius 1 is 0.269 bits per heavy atom. The van der Waals surface area contributed by atoms with Gasteiger partial charge in [0.2, 0.25) is 0 Å². The minimum Gasteiger partial charge on any atom is -0.311 e. The quantitative estimate of drug-likeness (QED) is 0.133. The Bertz CT molecular complexity index is 3420. The third-order valence-corrected chi connectivity index (χ3v) is 13.8. The molecule has 0 amide bonds. The summed E-state index contributed by atoms with van der Waals surface area (Å²) in [6.45, 7) is 4.73. The number of rotatable bonds is 9. The molecular formula is C65H48N2. The maximum absolute atomic E-state index is 2.49. The molecule has 0 radical (unpaired) electrons. The number of fused-ring (bicyclic) bond motifs is 5. The molecular weight excluding hydrogens is 809 g/mol. The van der Waals surface area contributed by atoms with Crippen molar-refractivity contribution in [3.05, 3.63) is 266 Å². The molecule has 2 heteroatoms. The molecule has 318 valence electrons. The van der Waals surface area contributed by atoms with E-state index < -0.39 is 0 Å². The second kappa shape index (κ2) is 16.5. The van der Waals surface area contributed by atoms with Gasteiger partial charge in [-0.05, 0) is 127 Å². The Hall–Kier alpha value is -8.46. The van der Waals surface area contributed by atoms with Crippen molar-refractivity contribution in [3.8, 4) is 44.5 Å². The van der Waals surface area contributed by atoms with Crippen LogP contribution in [0, 0.1) is 0 Å². The highest BCUT2D eigenvalue weighted by molar-refractivity contribution is 6.22. The third-order valence-electron chi connectivity index (χ3n) is 13.8. The fourth-order valence-corrected chi connectivity index (χ4v) is 10.6. The minimum atomic E-state index is -0.128.